The van der Waals surface area contributed by atoms with Crippen LogP contribution in [0.15, 0.2) is 24.3 Å². The van der Waals surface area contributed by atoms with E-state index in [1.807, 2.05) is 32.0 Å². The first kappa shape index (κ1) is 36.9. The summed E-state index contributed by atoms with van der Waals surface area (Å²) in [6, 6.07) is 6.74. The maximum Gasteiger partial charge on any atom is 0.255 e. The molecule has 10 nitrogen and oxygen atoms in total. The summed E-state index contributed by atoms with van der Waals surface area (Å²) in [6.45, 7) is 14.8. The fourth-order valence-electron chi connectivity index (χ4n) is 5.31. The third kappa shape index (κ3) is 13.9. The van der Waals surface area contributed by atoms with Crippen molar-refractivity contribution in [1.82, 2.24) is 15.5 Å². The summed E-state index contributed by atoms with van der Waals surface area (Å²) in [6.07, 6.45) is 2.63. The van der Waals surface area contributed by atoms with E-state index >= 15 is 0 Å². The molecule has 4 unspecified atom stereocenters. The predicted molar refractivity (Wildman–Crippen MR) is 170 cm³/mol. The number of carbonyl (C=O) groups is 2. The quantitative estimate of drug-likeness (QED) is 0.157. The number of methoxy groups -OCH3 is 1. The van der Waals surface area contributed by atoms with E-state index < -0.39 is 12.1 Å². The summed E-state index contributed by atoms with van der Waals surface area (Å²) in [5.74, 6) is 0.373. The minimum absolute atomic E-state index is 0.0320. The monoisotopic (exact) mass is 606 g/mol. The number of benzene rings is 1. The molecule has 246 valence electrons. The largest absolute Gasteiger partial charge is 0.493 e. The number of para-hydroxylation sites is 1. The zero-order chi connectivity index (χ0) is 31.6. The minimum atomic E-state index is -0.823. The minimum Gasteiger partial charge on any atom is -0.493 e. The molecule has 2 rings (SSSR count). The van der Waals surface area contributed by atoms with Crippen molar-refractivity contribution < 1.29 is 28.9 Å². The average molecular weight is 607 g/mol. The molecule has 1 heterocycles. The highest BCUT2D eigenvalue weighted by Gasteiger charge is 2.30. The Morgan fingerprint density at radius 3 is 2.37 bits per heavy atom. The molecule has 0 aliphatic carbocycles. The van der Waals surface area contributed by atoms with E-state index in [2.05, 4.69) is 29.4 Å². The van der Waals surface area contributed by atoms with Crippen LogP contribution in [0.2, 0.25) is 0 Å². The molecule has 4 atom stereocenters. The van der Waals surface area contributed by atoms with Crippen molar-refractivity contribution in [2.24, 2.45) is 29.4 Å². The number of nitrogens with one attached hydrogen (secondary N) is 2. The lowest BCUT2D eigenvalue weighted by Gasteiger charge is -2.30. The van der Waals surface area contributed by atoms with E-state index in [1.165, 1.54) is 0 Å². The summed E-state index contributed by atoms with van der Waals surface area (Å²) in [4.78, 5) is 28.5. The Labute approximate surface area is 259 Å². The number of amides is 2. The smallest absolute Gasteiger partial charge is 0.255 e. The van der Waals surface area contributed by atoms with Gasteiger partial charge in [-0.15, -0.1) is 0 Å². The molecular formula is C33H58N4O6. The van der Waals surface area contributed by atoms with Crippen LogP contribution < -0.4 is 21.1 Å². The lowest BCUT2D eigenvalue weighted by atomic mass is 9.83. The molecule has 1 aromatic rings. The first-order valence-corrected chi connectivity index (χ1v) is 16.1. The number of nitrogens with zero attached hydrogens (tertiary/aromatic N) is 1. The van der Waals surface area contributed by atoms with Gasteiger partial charge in [-0.05, 0) is 68.5 Å². The van der Waals surface area contributed by atoms with Crippen LogP contribution in [0.1, 0.15) is 70.2 Å². The van der Waals surface area contributed by atoms with Crippen molar-refractivity contribution in [1.29, 1.82) is 0 Å². The van der Waals surface area contributed by atoms with Gasteiger partial charge in [-0.1, -0.05) is 39.8 Å². The summed E-state index contributed by atoms with van der Waals surface area (Å²) < 4.78 is 16.4. The maximum absolute atomic E-state index is 13.1. The topological polar surface area (TPSA) is 135 Å². The Morgan fingerprint density at radius 2 is 1.70 bits per heavy atom. The maximum atomic E-state index is 13.1. The third-order valence-corrected chi connectivity index (χ3v) is 8.36. The number of carbonyl (C=O) groups excluding carboxylic acids is 2. The van der Waals surface area contributed by atoms with E-state index in [0.29, 0.717) is 50.5 Å². The molecule has 0 aromatic heterocycles. The highest BCUT2D eigenvalue weighted by Crippen LogP contribution is 2.24. The van der Waals surface area contributed by atoms with Gasteiger partial charge in [0.15, 0.2) is 0 Å². The molecule has 2 amide bonds. The first-order valence-electron chi connectivity index (χ1n) is 16.1. The van der Waals surface area contributed by atoms with Crippen molar-refractivity contribution in [3.05, 3.63) is 29.8 Å². The number of unbranched alkanes of at least 4 members (excludes halogenated alkanes) is 1. The Hall–Kier alpha value is -2.24. The van der Waals surface area contributed by atoms with Crippen LogP contribution in [0.25, 0.3) is 0 Å². The zero-order valence-corrected chi connectivity index (χ0v) is 27.2. The Balaban J connectivity index is 1.84. The fourth-order valence-corrected chi connectivity index (χ4v) is 5.31. The zero-order valence-electron chi connectivity index (χ0n) is 27.2. The van der Waals surface area contributed by atoms with Crippen LogP contribution in [0.4, 0.5) is 0 Å². The number of aliphatic hydroxyl groups excluding tert-OH is 1. The van der Waals surface area contributed by atoms with E-state index in [4.69, 9.17) is 19.9 Å². The Kier molecular flexibility index (Phi) is 17.8. The van der Waals surface area contributed by atoms with E-state index in [9.17, 15) is 14.7 Å². The highest BCUT2D eigenvalue weighted by atomic mass is 16.5. The van der Waals surface area contributed by atoms with Gasteiger partial charge in [-0.2, -0.15) is 0 Å². The number of hydrogen-bond donors (Lipinski definition) is 4. The van der Waals surface area contributed by atoms with Gasteiger partial charge in [0, 0.05) is 51.9 Å². The molecule has 43 heavy (non-hydrogen) atoms. The molecule has 1 aliphatic rings. The van der Waals surface area contributed by atoms with Crippen molar-refractivity contribution in [2.75, 3.05) is 66.3 Å². The molecule has 1 saturated heterocycles. The van der Waals surface area contributed by atoms with Crippen molar-refractivity contribution in [2.45, 2.75) is 71.9 Å². The third-order valence-electron chi connectivity index (χ3n) is 8.36. The van der Waals surface area contributed by atoms with Crippen molar-refractivity contribution >= 4 is 11.8 Å². The number of hydrogen-bond acceptors (Lipinski definition) is 8. The van der Waals surface area contributed by atoms with Gasteiger partial charge in [0.1, 0.15) is 5.75 Å². The second-order valence-corrected chi connectivity index (χ2v) is 12.4. The Bertz CT molecular complexity index is 924. The van der Waals surface area contributed by atoms with Crippen LogP contribution in [0, 0.1) is 23.7 Å². The molecule has 0 spiro atoms. The van der Waals surface area contributed by atoms with E-state index in [1.54, 1.807) is 13.2 Å². The summed E-state index contributed by atoms with van der Waals surface area (Å²) in [5.41, 5.74) is 7.00. The van der Waals surface area contributed by atoms with Crippen LogP contribution >= 0.6 is 0 Å². The SMILES string of the molecule is COCCCCOc1ccccc1C(=O)NCC(CC(N)C(O)CC(C(=O)NCCCN1CCOCC1)C(C)C)C(C)C. The number of aliphatic hydroxyl groups is 1. The molecule has 10 heteroatoms. The lowest BCUT2D eigenvalue weighted by molar-refractivity contribution is -0.127. The van der Waals surface area contributed by atoms with Crippen molar-refractivity contribution in [3.63, 3.8) is 0 Å². The fraction of sp³-hybridized carbons (Fsp3) is 0.758. The van der Waals surface area contributed by atoms with Gasteiger partial charge in [-0.3, -0.25) is 14.5 Å². The van der Waals surface area contributed by atoms with Crippen molar-refractivity contribution in [3.8, 4) is 5.75 Å². The lowest BCUT2D eigenvalue weighted by Crippen LogP contribution is -2.44. The molecule has 0 saturated carbocycles. The van der Waals surface area contributed by atoms with Crippen LogP contribution in [-0.4, -0.2) is 100 Å². The summed E-state index contributed by atoms with van der Waals surface area (Å²) >= 11 is 0. The van der Waals surface area contributed by atoms with Crippen LogP contribution in [0.5, 0.6) is 5.75 Å². The number of rotatable bonds is 21. The van der Waals surface area contributed by atoms with Gasteiger partial charge in [0.25, 0.3) is 5.91 Å². The molecule has 1 fully saturated rings. The van der Waals surface area contributed by atoms with Crippen LogP contribution in [-0.2, 0) is 14.3 Å². The van der Waals surface area contributed by atoms with E-state index in [-0.39, 0.29) is 35.5 Å². The number of nitrogens with two attached hydrogens (primary N) is 1. The average Bonchev–Trinajstić information content (AvgIpc) is 2.99. The van der Waals surface area contributed by atoms with Gasteiger partial charge >= 0.3 is 0 Å². The molecule has 1 aromatic carbocycles. The van der Waals surface area contributed by atoms with Gasteiger partial charge in [0.05, 0.1) is 31.5 Å². The van der Waals surface area contributed by atoms with Gasteiger partial charge < -0.3 is 35.7 Å². The van der Waals surface area contributed by atoms with Gasteiger partial charge in [0.2, 0.25) is 5.91 Å². The normalized spacial score (nSPS) is 17.0. The van der Waals surface area contributed by atoms with E-state index in [0.717, 1.165) is 52.1 Å². The number of morpholine rings is 1. The Morgan fingerprint density at radius 1 is 1.00 bits per heavy atom. The predicted octanol–water partition coefficient (Wildman–Crippen LogP) is 3.07. The first-order chi connectivity index (χ1) is 20.6. The molecular weight excluding hydrogens is 548 g/mol. The highest BCUT2D eigenvalue weighted by molar-refractivity contribution is 5.96. The standard InChI is InChI=1S/C33H58N4O6/c1-24(2)26(23-36-32(39)27-11-6-7-12-31(27)43-18-9-8-17-41-5)21-29(34)30(38)22-28(25(3)4)33(40)35-13-10-14-37-15-19-42-20-16-37/h6-7,11-12,24-26,28-30,38H,8-10,13-23,34H2,1-5H3,(H,35,40)(H,36,39). The molecule has 1 aliphatic heterocycles. The number of ether oxygens (including phenoxy) is 3. The second kappa shape index (κ2) is 20.7. The van der Waals surface area contributed by atoms with Gasteiger partial charge in [-0.25, -0.2) is 0 Å². The molecule has 0 bridgehead atoms. The molecule has 5 N–H and O–H groups in total. The summed E-state index contributed by atoms with van der Waals surface area (Å²) in [7, 11) is 1.68. The molecule has 0 radical (unpaired) electrons. The van der Waals surface area contributed by atoms with Crippen LogP contribution in [0.3, 0.4) is 0 Å². The second-order valence-electron chi connectivity index (χ2n) is 12.4. The summed E-state index contributed by atoms with van der Waals surface area (Å²) in [5, 5.41) is 17.2.